The van der Waals surface area contributed by atoms with Gasteiger partial charge in [0.2, 0.25) is 5.91 Å². The van der Waals surface area contributed by atoms with Crippen LogP contribution < -0.4 is 11.1 Å². The molecule has 0 heterocycles. The Morgan fingerprint density at radius 2 is 2.08 bits per heavy atom. The van der Waals surface area contributed by atoms with E-state index < -0.39 is 25.2 Å². The number of rotatable bonds is 5. The van der Waals surface area contributed by atoms with E-state index >= 15 is 0 Å². The zero-order chi connectivity index (χ0) is 10.3. The van der Waals surface area contributed by atoms with Crippen LogP contribution in [0.2, 0.25) is 0 Å². The molecule has 0 aromatic carbocycles. The van der Waals surface area contributed by atoms with Gasteiger partial charge in [-0.2, -0.15) is 13.2 Å². The van der Waals surface area contributed by atoms with Gasteiger partial charge >= 0.3 is 6.18 Å². The largest absolute Gasteiger partial charge is 0.405 e. The average molecular weight is 200 g/mol. The van der Waals surface area contributed by atoms with Crippen LogP contribution in [0.4, 0.5) is 13.2 Å². The van der Waals surface area contributed by atoms with Gasteiger partial charge in [-0.1, -0.05) is 0 Å². The van der Waals surface area contributed by atoms with E-state index in [1.807, 2.05) is 0 Å². The molecule has 0 unspecified atom stereocenters. The van der Waals surface area contributed by atoms with Gasteiger partial charge in [0, 0.05) is 6.54 Å². The summed E-state index contributed by atoms with van der Waals surface area (Å²) in [4.78, 5) is 10.6. The summed E-state index contributed by atoms with van der Waals surface area (Å²) in [5.74, 6) is -0.800. The minimum absolute atomic E-state index is 0.152. The summed E-state index contributed by atoms with van der Waals surface area (Å²) in [6, 6.07) is 0. The molecule has 7 heteroatoms. The van der Waals surface area contributed by atoms with Crippen molar-refractivity contribution in [1.29, 1.82) is 0 Å². The molecular weight excluding hydrogens is 189 g/mol. The molecule has 0 spiro atoms. The maximum Gasteiger partial charge on any atom is 0.405 e. The van der Waals surface area contributed by atoms with Crippen molar-refractivity contribution in [2.75, 3.05) is 26.3 Å². The molecule has 0 fully saturated rings. The molecular formula is C6H11F3N2O2. The van der Waals surface area contributed by atoms with Gasteiger partial charge in [0.05, 0.1) is 6.61 Å². The second kappa shape index (κ2) is 5.76. The third-order valence-electron chi connectivity index (χ3n) is 0.981. The van der Waals surface area contributed by atoms with Crippen molar-refractivity contribution in [1.82, 2.24) is 5.32 Å². The summed E-state index contributed by atoms with van der Waals surface area (Å²) in [6.07, 6.45) is -4.39. The summed E-state index contributed by atoms with van der Waals surface area (Å²) in [7, 11) is 0. The van der Waals surface area contributed by atoms with Crippen molar-refractivity contribution in [3.05, 3.63) is 0 Å². The van der Waals surface area contributed by atoms with Crippen LogP contribution in [-0.4, -0.2) is 38.4 Å². The Morgan fingerprint density at radius 1 is 1.46 bits per heavy atom. The normalized spacial score (nSPS) is 11.4. The van der Waals surface area contributed by atoms with Gasteiger partial charge in [-0.15, -0.1) is 0 Å². The van der Waals surface area contributed by atoms with Crippen LogP contribution in [0.1, 0.15) is 0 Å². The first-order valence-corrected chi connectivity index (χ1v) is 3.57. The fourth-order valence-electron chi connectivity index (χ4n) is 0.498. The van der Waals surface area contributed by atoms with Gasteiger partial charge in [0.25, 0.3) is 0 Å². The highest BCUT2D eigenvalue weighted by atomic mass is 19.4. The number of halogens is 3. The minimum atomic E-state index is -4.39. The number of carbonyl (C=O) groups excluding carboxylic acids is 1. The molecule has 13 heavy (non-hydrogen) atoms. The molecule has 0 saturated heterocycles. The molecule has 1 amide bonds. The molecule has 0 saturated carbocycles. The Morgan fingerprint density at radius 3 is 2.54 bits per heavy atom. The van der Waals surface area contributed by atoms with E-state index in [1.54, 1.807) is 5.32 Å². The molecule has 3 N–H and O–H groups in total. The summed E-state index contributed by atoms with van der Waals surface area (Å²) in [6.45, 7) is -1.35. The van der Waals surface area contributed by atoms with Crippen LogP contribution in [0.15, 0.2) is 0 Å². The molecule has 78 valence electrons. The zero-order valence-corrected chi connectivity index (χ0v) is 6.86. The van der Waals surface area contributed by atoms with Crippen LogP contribution in [0, 0.1) is 0 Å². The van der Waals surface area contributed by atoms with E-state index in [2.05, 4.69) is 4.74 Å². The third kappa shape index (κ3) is 9.09. The number of alkyl halides is 3. The van der Waals surface area contributed by atoms with Crippen LogP contribution in [0.5, 0.6) is 0 Å². The Balaban J connectivity index is 3.41. The van der Waals surface area contributed by atoms with Crippen LogP contribution in [0.25, 0.3) is 0 Å². The van der Waals surface area contributed by atoms with Crippen molar-refractivity contribution in [3.63, 3.8) is 0 Å². The van der Waals surface area contributed by atoms with Crippen molar-refractivity contribution in [2.45, 2.75) is 6.18 Å². The molecule has 0 bridgehead atoms. The van der Waals surface area contributed by atoms with E-state index in [1.165, 1.54) is 0 Å². The first-order valence-electron chi connectivity index (χ1n) is 3.57. The topological polar surface area (TPSA) is 64.3 Å². The predicted molar refractivity (Wildman–Crippen MR) is 38.9 cm³/mol. The van der Waals surface area contributed by atoms with Gasteiger partial charge in [0.1, 0.15) is 13.2 Å². The lowest BCUT2D eigenvalue weighted by molar-refractivity contribution is -0.141. The molecule has 0 aromatic rings. The molecule has 0 aliphatic rings. The second-order valence-corrected chi connectivity index (χ2v) is 2.23. The predicted octanol–water partition coefficient (Wildman–Crippen LogP) is -0.360. The maximum atomic E-state index is 11.5. The average Bonchev–Trinajstić information content (AvgIpc) is 2.00. The highest BCUT2D eigenvalue weighted by Crippen LogP contribution is 2.11. The standard InChI is InChI=1S/C6H11F3N2O2/c7-6(8,9)4-11-5(12)3-13-2-1-10/h1-4,10H2,(H,11,12). The van der Waals surface area contributed by atoms with Crippen molar-refractivity contribution in [3.8, 4) is 0 Å². The molecule has 0 radical (unpaired) electrons. The highest BCUT2D eigenvalue weighted by Gasteiger charge is 2.27. The van der Waals surface area contributed by atoms with Gasteiger partial charge in [0.15, 0.2) is 0 Å². The SMILES string of the molecule is NCCOCC(=O)NCC(F)(F)F. The lowest BCUT2D eigenvalue weighted by atomic mass is 10.5. The van der Waals surface area contributed by atoms with E-state index in [0.717, 1.165) is 0 Å². The molecule has 0 rings (SSSR count). The summed E-state index contributed by atoms with van der Waals surface area (Å²) in [5, 5.41) is 1.65. The smallest absolute Gasteiger partial charge is 0.370 e. The summed E-state index contributed by atoms with van der Waals surface area (Å²) < 4.78 is 39.2. The summed E-state index contributed by atoms with van der Waals surface area (Å²) >= 11 is 0. The molecule has 0 aromatic heterocycles. The van der Waals surface area contributed by atoms with Crippen LogP contribution in [-0.2, 0) is 9.53 Å². The number of amides is 1. The number of hydrogen-bond acceptors (Lipinski definition) is 3. The number of nitrogens with one attached hydrogen (secondary N) is 1. The molecule has 4 nitrogen and oxygen atoms in total. The molecule has 0 aliphatic carbocycles. The first kappa shape index (κ1) is 12.2. The van der Waals surface area contributed by atoms with Gasteiger partial charge in [-0.25, -0.2) is 0 Å². The molecule has 0 aliphatic heterocycles. The fourth-order valence-corrected chi connectivity index (χ4v) is 0.498. The fraction of sp³-hybridized carbons (Fsp3) is 0.833. The number of carbonyl (C=O) groups is 1. The van der Waals surface area contributed by atoms with E-state index in [4.69, 9.17) is 5.73 Å². The Labute approximate surface area is 73.2 Å². The summed E-state index contributed by atoms with van der Waals surface area (Å²) in [5.41, 5.74) is 5.02. The lowest BCUT2D eigenvalue weighted by Gasteiger charge is -2.07. The second-order valence-electron chi connectivity index (χ2n) is 2.23. The van der Waals surface area contributed by atoms with E-state index in [0.29, 0.717) is 0 Å². The number of ether oxygens (including phenoxy) is 1. The van der Waals surface area contributed by atoms with Crippen molar-refractivity contribution < 1.29 is 22.7 Å². The lowest BCUT2D eigenvalue weighted by Crippen LogP contribution is -2.36. The quantitative estimate of drug-likeness (QED) is 0.596. The van der Waals surface area contributed by atoms with Crippen molar-refractivity contribution in [2.24, 2.45) is 5.73 Å². The van der Waals surface area contributed by atoms with Gasteiger partial charge < -0.3 is 15.8 Å². The zero-order valence-electron chi connectivity index (χ0n) is 6.86. The van der Waals surface area contributed by atoms with Gasteiger partial charge in [-0.05, 0) is 0 Å². The van der Waals surface area contributed by atoms with Crippen LogP contribution >= 0.6 is 0 Å². The van der Waals surface area contributed by atoms with E-state index in [-0.39, 0.29) is 13.2 Å². The number of nitrogens with two attached hydrogens (primary N) is 1. The van der Waals surface area contributed by atoms with Gasteiger partial charge in [-0.3, -0.25) is 4.79 Å². The number of hydrogen-bond donors (Lipinski definition) is 2. The third-order valence-corrected chi connectivity index (χ3v) is 0.981. The minimum Gasteiger partial charge on any atom is -0.370 e. The Bertz CT molecular complexity index is 160. The Hall–Kier alpha value is -0.820. The van der Waals surface area contributed by atoms with Crippen molar-refractivity contribution >= 4 is 5.91 Å². The van der Waals surface area contributed by atoms with Crippen LogP contribution in [0.3, 0.4) is 0 Å². The Kier molecular flexibility index (Phi) is 5.40. The van der Waals surface area contributed by atoms with E-state index in [9.17, 15) is 18.0 Å². The maximum absolute atomic E-state index is 11.5. The monoisotopic (exact) mass is 200 g/mol. The highest BCUT2D eigenvalue weighted by molar-refractivity contribution is 5.77. The first-order chi connectivity index (χ1) is 5.95. The molecule has 0 atom stereocenters.